The van der Waals surface area contributed by atoms with Gasteiger partial charge in [-0.15, -0.1) is 0 Å². The third-order valence-electron chi connectivity index (χ3n) is 3.46. The molecular formula is C20H20N2O4. The lowest BCUT2D eigenvalue weighted by Gasteiger charge is -2.11. The van der Waals surface area contributed by atoms with E-state index in [0.29, 0.717) is 42.1 Å². The van der Waals surface area contributed by atoms with E-state index < -0.39 is 0 Å². The summed E-state index contributed by atoms with van der Waals surface area (Å²) in [5.74, 6) is 0.531. The van der Waals surface area contributed by atoms with Crippen LogP contribution in [0.3, 0.4) is 0 Å². The normalized spacial score (nSPS) is 9.85. The lowest BCUT2D eigenvalue weighted by atomic mass is 10.1. The van der Waals surface area contributed by atoms with E-state index in [1.54, 1.807) is 42.5 Å². The van der Waals surface area contributed by atoms with Crippen LogP contribution in [0.15, 0.2) is 42.5 Å². The first-order valence-corrected chi connectivity index (χ1v) is 8.26. The Morgan fingerprint density at radius 3 is 2.62 bits per heavy atom. The van der Waals surface area contributed by atoms with Gasteiger partial charge in [0.1, 0.15) is 11.5 Å². The summed E-state index contributed by atoms with van der Waals surface area (Å²) in [6.07, 6.45) is 1.86. The van der Waals surface area contributed by atoms with Crippen LogP contribution < -0.4 is 14.8 Å². The van der Waals surface area contributed by atoms with Gasteiger partial charge in [0.15, 0.2) is 12.9 Å². The molecule has 6 nitrogen and oxygen atoms in total. The van der Waals surface area contributed by atoms with Gasteiger partial charge in [-0.1, -0.05) is 19.1 Å². The molecule has 0 bridgehead atoms. The number of carbonyl (C=O) groups is 2. The molecule has 0 heterocycles. The first kappa shape index (κ1) is 19.0. The van der Waals surface area contributed by atoms with Gasteiger partial charge in [0.2, 0.25) is 0 Å². The molecule has 0 saturated carbocycles. The Morgan fingerprint density at radius 2 is 1.96 bits per heavy atom. The number of rotatable bonds is 9. The monoisotopic (exact) mass is 352 g/mol. The van der Waals surface area contributed by atoms with Gasteiger partial charge in [-0.2, -0.15) is 5.26 Å². The smallest absolute Gasteiger partial charge is 0.262 e. The third-order valence-corrected chi connectivity index (χ3v) is 3.46. The Kier molecular flexibility index (Phi) is 7.19. The lowest BCUT2D eigenvalue weighted by Crippen LogP contribution is -2.20. The van der Waals surface area contributed by atoms with Crippen molar-refractivity contribution in [1.29, 1.82) is 5.26 Å². The number of nitrogens with zero attached hydrogens (tertiary/aromatic N) is 1. The number of hydrogen-bond donors (Lipinski definition) is 1. The van der Waals surface area contributed by atoms with Crippen molar-refractivity contribution in [3.05, 3.63) is 53.6 Å². The average Bonchev–Trinajstić information content (AvgIpc) is 2.66. The second-order valence-corrected chi connectivity index (χ2v) is 5.53. The van der Waals surface area contributed by atoms with Crippen molar-refractivity contribution >= 4 is 17.9 Å². The lowest BCUT2D eigenvalue weighted by molar-refractivity contribution is -0.118. The van der Waals surface area contributed by atoms with E-state index in [1.165, 1.54) is 0 Å². The highest BCUT2D eigenvalue weighted by Gasteiger charge is 2.09. The van der Waals surface area contributed by atoms with E-state index in [-0.39, 0.29) is 12.5 Å². The van der Waals surface area contributed by atoms with Gasteiger partial charge in [-0.25, -0.2) is 0 Å². The maximum Gasteiger partial charge on any atom is 0.262 e. The van der Waals surface area contributed by atoms with Crippen molar-refractivity contribution in [2.75, 3.05) is 18.5 Å². The highest BCUT2D eigenvalue weighted by molar-refractivity contribution is 5.92. The van der Waals surface area contributed by atoms with E-state index in [1.807, 2.05) is 6.92 Å². The molecule has 0 aliphatic heterocycles. The largest absolute Gasteiger partial charge is 0.493 e. The minimum absolute atomic E-state index is 0.238. The van der Waals surface area contributed by atoms with Crippen LogP contribution in [-0.4, -0.2) is 25.4 Å². The molecule has 2 aromatic carbocycles. The van der Waals surface area contributed by atoms with Crippen molar-refractivity contribution in [3.63, 3.8) is 0 Å². The van der Waals surface area contributed by atoms with Crippen molar-refractivity contribution in [2.45, 2.75) is 19.8 Å². The molecule has 0 saturated heterocycles. The molecule has 0 spiro atoms. The van der Waals surface area contributed by atoms with Crippen LogP contribution in [0.5, 0.6) is 11.5 Å². The molecule has 134 valence electrons. The fraction of sp³-hybridized carbons (Fsp3) is 0.250. The van der Waals surface area contributed by atoms with Gasteiger partial charge in [-0.05, 0) is 36.2 Å². The van der Waals surface area contributed by atoms with Crippen LogP contribution in [0.2, 0.25) is 0 Å². The Hall–Kier alpha value is -3.33. The van der Waals surface area contributed by atoms with Gasteiger partial charge in [-0.3, -0.25) is 9.59 Å². The standard InChI is InChI=1S/C20H20N2O4/c1-2-11-25-18-8-5-16(13-23)19(12-18)26-14-20(24)22-17-6-3-15(4-7-17)9-10-21/h3-8,12-13H,2,9,11,14H2,1H3,(H,22,24). The zero-order chi connectivity index (χ0) is 18.8. The van der Waals surface area contributed by atoms with Crippen molar-refractivity contribution in [2.24, 2.45) is 0 Å². The average molecular weight is 352 g/mol. The molecule has 0 unspecified atom stereocenters. The number of amides is 1. The van der Waals surface area contributed by atoms with Gasteiger partial charge in [0.05, 0.1) is 24.7 Å². The minimum Gasteiger partial charge on any atom is -0.493 e. The van der Waals surface area contributed by atoms with Crippen LogP contribution in [0.4, 0.5) is 5.69 Å². The molecule has 0 fully saturated rings. The number of nitrogens with one attached hydrogen (secondary N) is 1. The highest BCUT2D eigenvalue weighted by atomic mass is 16.5. The number of benzene rings is 2. The van der Waals surface area contributed by atoms with Gasteiger partial charge in [0, 0.05) is 11.8 Å². The van der Waals surface area contributed by atoms with E-state index in [9.17, 15) is 9.59 Å². The highest BCUT2D eigenvalue weighted by Crippen LogP contribution is 2.24. The minimum atomic E-state index is -0.352. The molecule has 0 radical (unpaired) electrons. The van der Waals surface area contributed by atoms with Crippen molar-refractivity contribution in [1.82, 2.24) is 0 Å². The summed E-state index contributed by atoms with van der Waals surface area (Å²) in [5, 5.41) is 11.4. The fourth-order valence-electron chi connectivity index (χ4n) is 2.18. The number of hydrogen-bond acceptors (Lipinski definition) is 5. The van der Waals surface area contributed by atoms with Crippen LogP contribution in [-0.2, 0) is 11.2 Å². The zero-order valence-electron chi connectivity index (χ0n) is 14.5. The summed E-state index contributed by atoms with van der Waals surface area (Å²) in [5.41, 5.74) is 1.83. The van der Waals surface area contributed by atoms with E-state index in [2.05, 4.69) is 11.4 Å². The maximum atomic E-state index is 12.0. The summed E-state index contributed by atoms with van der Waals surface area (Å²) in [6, 6.07) is 13.9. The number of anilines is 1. The van der Waals surface area contributed by atoms with Crippen LogP contribution >= 0.6 is 0 Å². The van der Waals surface area contributed by atoms with Crippen LogP contribution in [0.25, 0.3) is 0 Å². The molecule has 0 aromatic heterocycles. The van der Waals surface area contributed by atoms with E-state index in [0.717, 1.165) is 12.0 Å². The number of ether oxygens (including phenoxy) is 2. The van der Waals surface area contributed by atoms with E-state index >= 15 is 0 Å². The SMILES string of the molecule is CCCOc1ccc(C=O)c(OCC(=O)Nc2ccc(CC#N)cc2)c1. The molecule has 2 rings (SSSR count). The molecule has 0 aliphatic rings. The number of carbonyl (C=O) groups excluding carboxylic acids is 2. The first-order valence-electron chi connectivity index (χ1n) is 8.26. The predicted octanol–water partition coefficient (Wildman–Crippen LogP) is 3.37. The molecule has 6 heteroatoms. The fourth-order valence-corrected chi connectivity index (χ4v) is 2.18. The second-order valence-electron chi connectivity index (χ2n) is 5.53. The molecule has 1 amide bonds. The molecule has 0 aliphatic carbocycles. The predicted molar refractivity (Wildman–Crippen MR) is 97.5 cm³/mol. The summed E-state index contributed by atoms with van der Waals surface area (Å²) >= 11 is 0. The van der Waals surface area contributed by atoms with Gasteiger partial charge < -0.3 is 14.8 Å². The van der Waals surface area contributed by atoms with E-state index in [4.69, 9.17) is 14.7 Å². The Bertz CT molecular complexity index is 794. The number of nitriles is 1. The third kappa shape index (κ3) is 5.64. The van der Waals surface area contributed by atoms with Gasteiger partial charge in [0.25, 0.3) is 5.91 Å². The van der Waals surface area contributed by atoms with Crippen LogP contribution in [0, 0.1) is 11.3 Å². The zero-order valence-corrected chi connectivity index (χ0v) is 14.5. The Labute approximate surface area is 152 Å². The maximum absolute atomic E-state index is 12.0. The van der Waals surface area contributed by atoms with Crippen LogP contribution in [0.1, 0.15) is 29.3 Å². The summed E-state index contributed by atoms with van der Waals surface area (Å²) in [4.78, 5) is 23.2. The summed E-state index contributed by atoms with van der Waals surface area (Å²) < 4.78 is 11.0. The van der Waals surface area contributed by atoms with Crippen molar-refractivity contribution < 1.29 is 19.1 Å². The molecule has 2 aromatic rings. The summed E-state index contributed by atoms with van der Waals surface area (Å²) in [7, 11) is 0. The number of aldehydes is 1. The quantitative estimate of drug-likeness (QED) is 0.699. The Balaban J connectivity index is 1.95. The topological polar surface area (TPSA) is 88.4 Å². The summed E-state index contributed by atoms with van der Waals surface area (Å²) in [6.45, 7) is 2.31. The van der Waals surface area contributed by atoms with Crippen molar-refractivity contribution in [3.8, 4) is 17.6 Å². The van der Waals surface area contributed by atoms with Gasteiger partial charge >= 0.3 is 0 Å². The second kappa shape index (κ2) is 9.84. The molecule has 1 N–H and O–H groups in total. The first-order chi connectivity index (χ1) is 12.7. The molecule has 26 heavy (non-hydrogen) atoms. The molecular weight excluding hydrogens is 332 g/mol. The molecule has 0 atom stereocenters. The Morgan fingerprint density at radius 1 is 1.19 bits per heavy atom.